The van der Waals surface area contributed by atoms with Crippen molar-refractivity contribution < 1.29 is 0 Å². The predicted octanol–water partition coefficient (Wildman–Crippen LogP) is 3.68. The molecule has 2 rings (SSSR count). The van der Waals surface area contributed by atoms with Crippen LogP contribution in [0.1, 0.15) is 11.3 Å². The number of nitrogens with zero attached hydrogens (tertiary/aromatic N) is 2. The lowest BCUT2D eigenvalue weighted by atomic mass is 10.3. The fraction of sp³-hybridized carbons (Fsp3) is 0.182. The molecular weight excluding hydrogens is 275 g/mol. The molecule has 2 nitrogen and oxygen atoms in total. The van der Waals surface area contributed by atoms with Crippen molar-refractivity contribution >= 4 is 27.5 Å². The lowest BCUT2D eigenvalue weighted by Crippen LogP contribution is -1.98. The molecule has 0 spiro atoms. The average Bonchev–Trinajstić information content (AvgIpc) is 2.61. The Kier molecular flexibility index (Phi) is 3.12. The summed E-state index contributed by atoms with van der Waals surface area (Å²) in [7, 11) is 0. The Morgan fingerprint density at radius 1 is 1.33 bits per heavy atom. The SMILES string of the molecule is Cc1c(CCl)cnn1-c1ccc(Br)cc1. The van der Waals surface area contributed by atoms with Crippen molar-refractivity contribution in [1.29, 1.82) is 0 Å². The Bertz CT molecular complexity index is 462. The Balaban J connectivity index is 2.45. The smallest absolute Gasteiger partial charge is 0.0649 e. The average molecular weight is 286 g/mol. The molecule has 0 N–H and O–H groups in total. The van der Waals surface area contributed by atoms with Crippen LogP contribution in [0.4, 0.5) is 0 Å². The summed E-state index contributed by atoms with van der Waals surface area (Å²) in [6.45, 7) is 2.02. The molecule has 0 radical (unpaired) electrons. The van der Waals surface area contributed by atoms with Gasteiger partial charge in [0.1, 0.15) is 0 Å². The zero-order chi connectivity index (χ0) is 10.8. The molecule has 15 heavy (non-hydrogen) atoms. The molecule has 2 aromatic rings. The lowest BCUT2D eigenvalue weighted by molar-refractivity contribution is 0.845. The van der Waals surface area contributed by atoms with Crippen LogP contribution in [-0.2, 0) is 5.88 Å². The molecule has 0 unspecified atom stereocenters. The number of hydrogen-bond donors (Lipinski definition) is 0. The molecule has 1 aromatic heterocycles. The van der Waals surface area contributed by atoms with E-state index in [0.717, 1.165) is 21.4 Å². The van der Waals surface area contributed by atoms with Crippen LogP contribution < -0.4 is 0 Å². The maximum atomic E-state index is 5.80. The Hall–Kier alpha value is -0.800. The van der Waals surface area contributed by atoms with Gasteiger partial charge in [-0.25, -0.2) is 4.68 Å². The van der Waals surface area contributed by atoms with Gasteiger partial charge >= 0.3 is 0 Å². The number of rotatable bonds is 2. The molecule has 1 heterocycles. The van der Waals surface area contributed by atoms with E-state index in [9.17, 15) is 0 Å². The van der Waals surface area contributed by atoms with Gasteiger partial charge in [-0.2, -0.15) is 5.10 Å². The van der Waals surface area contributed by atoms with Crippen molar-refractivity contribution in [2.75, 3.05) is 0 Å². The van der Waals surface area contributed by atoms with E-state index in [1.54, 1.807) is 0 Å². The molecule has 0 aliphatic heterocycles. The number of halogens is 2. The Morgan fingerprint density at radius 2 is 2.00 bits per heavy atom. The highest BCUT2D eigenvalue weighted by Crippen LogP contribution is 2.17. The van der Waals surface area contributed by atoms with Gasteiger partial charge in [-0.1, -0.05) is 15.9 Å². The van der Waals surface area contributed by atoms with Gasteiger partial charge in [-0.3, -0.25) is 0 Å². The van der Waals surface area contributed by atoms with Crippen LogP contribution in [-0.4, -0.2) is 9.78 Å². The van der Waals surface area contributed by atoms with Gasteiger partial charge in [0.15, 0.2) is 0 Å². The van der Waals surface area contributed by atoms with E-state index in [4.69, 9.17) is 11.6 Å². The van der Waals surface area contributed by atoms with Gasteiger partial charge in [0.05, 0.1) is 17.8 Å². The van der Waals surface area contributed by atoms with Crippen LogP contribution >= 0.6 is 27.5 Å². The van der Waals surface area contributed by atoms with Crippen molar-refractivity contribution in [3.63, 3.8) is 0 Å². The van der Waals surface area contributed by atoms with Crippen molar-refractivity contribution in [2.45, 2.75) is 12.8 Å². The summed E-state index contributed by atoms with van der Waals surface area (Å²) >= 11 is 9.20. The largest absolute Gasteiger partial charge is 0.238 e. The summed E-state index contributed by atoms with van der Waals surface area (Å²) in [5.74, 6) is 0.502. The number of hydrogen-bond acceptors (Lipinski definition) is 1. The van der Waals surface area contributed by atoms with E-state index in [1.807, 2.05) is 42.1 Å². The zero-order valence-electron chi connectivity index (χ0n) is 8.24. The van der Waals surface area contributed by atoms with E-state index >= 15 is 0 Å². The summed E-state index contributed by atoms with van der Waals surface area (Å²) in [6.07, 6.45) is 1.81. The van der Waals surface area contributed by atoms with E-state index < -0.39 is 0 Å². The summed E-state index contributed by atoms with van der Waals surface area (Å²) in [4.78, 5) is 0. The van der Waals surface area contributed by atoms with Crippen molar-refractivity contribution in [1.82, 2.24) is 9.78 Å². The van der Waals surface area contributed by atoms with E-state index in [-0.39, 0.29) is 0 Å². The monoisotopic (exact) mass is 284 g/mol. The third-order valence-electron chi connectivity index (χ3n) is 2.33. The van der Waals surface area contributed by atoms with Crippen molar-refractivity contribution in [3.05, 3.63) is 46.2 Å². The lowest BCUT2D eigenvalue weighted by Gasteiger charge is -2.04. The second-order valence-corrected chi connectivity index (χ2v) is 4.46. The van der Waals surface area contributed by atoms with Gasteiger partial charge in [0.2, 0.25) is 0 Å². The highest BCUT2D eigenvalue weighted by molar-refractivity contribution is 9.10. The molecule has 4 heteroatoms. The van der Waals surface area contributed by atoms with Gasteiger partial charge in [-0.05, 0) is 31.2 Å². The maximum Gasteiger partial charge on any atom is 0.0649 e. The van der Waals surface area contributed by atoms with E-state index in [0.29, 0.717) is 5.88 Å². The molecule has 0 saturated carbocycles. The maximum absolute atomic E-state index is 5.80. The third-order valence-corrected chi connectivity index (χ3v) is 3.14. The summed E-state index contributed by atoms with van der Waals surface area (Å²) in [6, 6.07) is 8.03. The molecule has 0 bridgehead atoms. The van der Waals surface area contributed by atoms with Gasteiger partial charge in [-0.15, -0.1) is 11.6 Å². The normalized spacial score (nSPS) is 10.6. The first-order valence-electron chi connectivity index (χ1n) is 4.58. The molecule has 1 aromatic carbocycles. The molecule has 78 valence electrons. The third kappa shape index (κ3) is 2.08. The molecule has 0 aliphatic rings. The fourth-order valence-corrected chi connectivity index (χ4v) is 1.94. The molecular formula is C11H10BrClN2. The molecule has 0 atom stereocenters. The van der Waals surface area contributed by atoms with Crippen LogP contribution in [0.2, 0.25) is 0 Å². The minimum Gasteiger partial charge on any atom is -0.238 e. The Morgan fingerprint density at radius 3 is 2.53 bits per heavy atom. The van der Waals surface area contributed by atoms with Gasteiger partial charge in [0, 0.05) is 15.7 Å². The van der Waals surface area contributed by atoms with Gasteiger partial charge < -0.3 is 0 Å². The second-order valence-electron chi connectivity index (χ2n) is 3.28. The van der Waals surface area contributed by atoms with E-state index in [1.165, 1.54) is 0 Å². The minimum atomic E-state index is 0.502. The standard InChI is InChI=1S/C11H10BrClN2/c1-8-9(6-13)7-14-15(8)11-4-2-10(12)3-5-11/h2-5,7H,6H2,1H3. The van der Waals surface area contributed by atoms with Crippen LogP contribution in [0.25, 0.3) is 5.69 Å². The van der Waals surface area contributed by atoms with Crippen molar-refractivity contribution in [2.24, 2.45) is 0 Å². The minimum absolute atomic E-state index is 0.502. The Labute approximate surface area is 102 Å². The van der Waals surface area contributed by atoms with Crippen LogP contribution in [0.15, 0.2) is 34.9 Å². The first kappa shape index (κ1) is 10.7. The van der Waals surface area contributed by atoms with E-state index in [2.05, 4.69) is 21.0 Å². The number of aromatic nitrogens is 2. The topological polar surface area (TPSA) is 17.8 Å². The number of alkyl halides is 1. The fourth-order valence-electron chi connectivity index (χ4n) is 1.42. The second kappa shape index (κ2) is 4.37. The van der Waals surface area contributed by atoms with Gasteiger partial charge in [0.25, 0.3) is 0 Å². The van der Waals surface area contributed by atoms with Crippen LogP contribution in [0.5, 0.6) is 0 Å². The van der Waals surface area contributed by atoms with Crippen molar-refractivity contribution in [3.8, 4) is 5.69 Å². The summed E-state index contributed by atoms with van der Waals surface area (Å²) < 4.78 is 2.96. The molecule has 0 aliphatic carbocycles. The molecule has 0 saturated heterocycles. The summed E-state index contributed by atoms with van der Waals surface area (Å²) in [5, 5.41) is 4.30. The number of benzene rings is 1. The van der Waals surface area contributed by atoms with Crippen LogP contribution in [0, 0.1) is 6.92 Å². The summed E-state index contributed by atoms with van der Waals surface area (Å²) in [5.41, 5.74) is 3.21. The predicted molar refractivity (Wildman–Crippen MR) is 65.6 cm³/mol. The zero-order valence-corrected chi connectivity index (χ0v) is 10.6. The quantitative estimate of drug-likeness (QED) is 0.770. The first-order chi connectivity index (χ1) is 7.22. The highest BCUT2D eigenvalue weighted by Gasteiger charge is 2.06. The molecule has 0 fully saturated rings. The molecule has 0 amide bonds. The first-order valence-corrected chi connectivity index (χ1v) is 5.90. The highest BCUT2D eigenvalue weighted by atomic mass is 79.9. The van der Waals surface area contributed by atoms with Crippen LogP contribution in [0.3, 0.4) is 0 Å².